The number of hydrogen-bond donors (Lipinski definition) is 3. The molecule has 6 atom stereocenters. The van der Waals surface area contributed by atoms with Crippen molar-refractivity contribution >= 4 is 24.0 Å². The zero-order valence-electron chi connectivity index (χ0n) is 25.8. The Labute approximate surface area is 255 Å². The second-order valence-electron chi connectivity index (χ2n) is 12.9. The predicted octanol–water partition coefficient (Wildman–Crippen LogP) is 2.21. The largest absolute Gasteiger partial charge is 0.509 e. The van der Waals surface area contributed by atoms with E-state index in [1.54, 1.807) is 34.0 Å². The number of likely N-dealkylation sites (tertiary alicyclic amines) is 1. The molecule has 2 heterocycles. The van der Waals surface area contributed by atoms with Crippen molar-refractivity contribution in [3.05, 3.63) is 35.1 Å². The smallest absolute Gasteiger partial charge is 0.493 e. The zero-order chi connectivity index (χ0) is 32.2. The predicted molar refractivity (Wildman–Crippen MR) is 153 cm³/mol. The van der Waals surface area contributed by atoms with E-state index >= 15 is 0 Å². The number of amides is 1. The SMILES string of the molecule is COc1ccc2c3c1O[C@H]1C(OC(=O)CCC(NC(=O)C(C)OC(=O)OC(C)(C)C)C(=O)O)=CC[C@@]4(O)[C@@H](C2)N(C)CC[C@]314. The first kappa shape index (κ1) is 31.6. The molecule has 44 heavy (non-hydrogen) atoms. The molecular formula is C31H40N2O11. The summed E-state index contributed by atoms with van der Waals surface area (Å²) in [5.41, 5.74) is -0.903. The number of carbonyl (C=O) groups is 4. The quantitative estimate of drug-likeness (QED) is 0.346. The van der Waals surface area contributed by atoms with Crippen LogP contribution in [0.25, 0.3) is 0 Å². The monoisotopic (exact) mass is 616 g/mol. The maximum Gasteiger partial charge on any atom is 0.509 e. The molecule has 0 saturated carbocycles. The lowest BCUT2D eigenvalue weighted by atomic mass is 9.50. The molecule has 1 saturated heterocycles. The van der Waals surface area contributed by atoms with E-state index in [9.17, 15) is 29.4 Å². The van der Waals surface area contributed by atoms with Crippen molar-refractivity contribution in [1.82, 2.24) is 10.2 Å². The molecule has 240 valence electrons. The number of nitrogens with one attached hydrogen (secondary N) is 1. The third-order valence-electron chi connectivity index (χ3n) is 9.07. The number of esters is 1. The molecular weight excluding hydrogens is 576 g/mol. The summed E-state index contributed by atoms with van der Waals surface area (Å²) in [5.74, 6) is -1.63. The number of aliphatic hydroxyl groups is 1. The lowest BCUT2D eigenvalue weighted by Gasteiger charge is -2.61. The number of hydrogen-bond acceptors (Lipinski definition) is 11. The van der Waals surface area contributed by atoms with Crippen LogP contribution in [-0.4, -0.2) is 95.3 Å². The Morgan fingerprint density at radius 3 is 2.61 bits per heavy atom. The lowest BCUT2D eigenvalue weighted by molar-refractivity contribution is -0.169. The van der Waals surface area contributed by atoms with Crippen molar-refractivity contribution in [3.63, 3.8) is 0 Å². The number of aliphatic carboxylic acids is 1. The number of nitrogens with zero attached hydrogens (tertiary/aromatic N) is 1. The molecule has 1 amide bonds. The molecule has 5 rings (SSSR count). The van der Waals surface area contributed by atoms with Crippen LogP contribution in [0.4, 0.5) is 4.79 Å². The molecule has 1 spiro atoms. The molecule has 3 N–H and O–H groups in total. The molecule has 1 aromatic rings. The first-order valence-corrected chi connectivity index (χ1v) is 14.7. The Hall–Kier alpha value is -3.84. The minimum atomic E-state index is -1.45. The van der Waals surface area contributed by atoms with Gasteiger partial charge in [0.2, 0.25) is 0 Å². The summed E-state index contributed by atoms with van der Waals surface area (Å²) in [7, 11) is 3.55. The van der Waals surface area contributed by atoms with E-state index in [1.165, 1.54) is 6.92 Å². The van der Waals surface area contributed by atoms with Crippen LogP contribution in [-0.2, 0) is 40.4 Å². The highest BCUT2D eigenvalue weighted by Crippen LogP contribution is 2.65. The van der Waals surface area contributed by atoms with E-state index in [4.69, 9.17) is 23.7 Å². The van der Waals surface area contributed by atoms with Crippen LogP contribution in [0.15, 0.2) is 24.0 Å². The van der Waals surface area contributed by atoms with Crippen LogP contribution in [0, 0.1) is 0 Å². The number of likely N-dealkylation sites (N-methyl/N-ethyl adjacent to an activating group) is 1. The average molecular weight is 617 g/mol. The first-order chi connectivity index (χ1) is 20.6. The Balaban J connectivity index is 1.28. The van der Waals surface area contributed by atoms with Crippen molar-refractivity contribution < 1.29 is 53.1 Å². The van der Waals surface area contributed by atoms with Crippen molar-refractivity contribution in [2.75, 3.05) is 20.7 Å². The molecule has 2 unspecified atom stereocenters. The molecule has 1 aromatic carbocycles. The Bertz CT molecular complexity index is 1400. The van der Waals surface area contributed by atoms with Gasteiger partial charge in [-0.25, -0.2) is 9.59 Å². The third-order valence-corrected chi connectivity index (χ3v) is 9.07. The number of carboxylic acid groups (broad SMARTS) is 1. The second-order valence-corrected chi connectivity index (χ2v) is 12.9. The van der Waals surface area contributed by atoms with Crippen LogP contribution in [0.2, 0.25) is 0 Å². The molecule has 4 aliphatic rings. The van der Waals surface area contributed by atoms with Gasteiger partial charge in [0.25, 0.3) is 5.91 Å². The maximum absolute atomic E-state index is 13.1. The summed E-state index contributed by atoms with van der Waals surface area (Å²) in [6.07, 6.45) is -0.674. The van der Waals surface area contributed by atoms with E-state index in [2.05, 4.69) is 10.2 Å². The van der Waals surface area contributed by atoms with E-state index < -0.39 is 58.9 Å². The van der Waals surface area contributed by atoms with Gasteiger partial charge in [0, 0.05) is 24.4 Å². The van der Waals surface area contributed by atoms with E-state index in [-0.39, 0.29) is 31.1 Å². The zero-order valence-corrected chi connectivity index (χ0v) is 25.8. The first-order valence-electron chi connectivity index (χ1n) is 14.7. The summed E-state index contributed by atoms with van der Waals surface area (Å²) in [5, 5.41) is 24.3. The maximum atomic E-state index is 13.1. The van der Waals surface area contributed by atoms with Crippen molar-refractivity contribution in [2.45, 2.75) is 101 Å². The van der Waals surface area contributed by atoms with E-state index in [0.717, 1.165) is 11.1 Å². The normalized spacial score (nSPS) is 27.9. The molecule has 13 heteroatoms. The van der Waals surface area contributed by atoms with Crippen molar-refractivity contribution in [2.24, 2.45) is 0 Å². The molecule has 2 aliphatic heterocycles. The standard InChI is InChI=1S/C31H40N2O11/c1-16(41-28(38)44-29(2,3)4)26(35)32-18(27(36)37)8-10-22(34)42-20-11-12-31(39)21-15-17-7-9-19(40-6)24-23(17)30(31,25(20)43-24)13-14-33(21)5/h7,9,11,16,18,21,25,39H,8,10,12-15H2,1-6H3,(H,32,35)(H,36,37)/t16?,18?,21-,25+,30+,31-/m1/s1. The number of piperidine rings is 1. The fourth-order valence-electron chi connectivity index (χ4n) is 7.05. The number of benzene rings is 1. The summed E-state index contributed by atoms with van der Waals surface area (Å²) in [6, 6.07) is 2.23. The van der Waals surface area contributed by atoms with Crippen LogP contribution in [0.5, 0.6) is 11.5 Å². The lowest BCUT2D eigenvalue weighted by Crippen LogP contribution is -2.74. The molecule has 1 fully saturated rings. The molecule has 2 bridgehead atoms. The average Bonchev–Trinajstić information content (AvgIpc) is 3.29. The van der Waals surface area contributed by atoms with Gasteiger partial charge >= 0.3 is 18.1 Å². The van der Waals surface area contributed by atoms with Gasteiger partial charge in [0.05, 0.1) is 18.1 Å². The summed E-state index contributed by atoms with van der Waals surface area (Å²) in [6.45, 7) is 6.88. The van der Waals surface area contributed by atoms with Gasteiger partial charge < -0.3 is 44.1 Å². The molecule has 0 aromatic heterocycles. The molecule has 13 nitrogen and oxygen atoms in total. The highest BCUT2D eigenvalue weighted by molar-refractivity contribution is 5.87. The van der Waals surface area contributed by atoms with Gasteiger partial charge in [0.15, 0.2) is 23.7 Å². The van der Waals surface area contributed by atoms with Crippen LogP contribution in [0.1, 0.15) is 64.5 Å². The number of ether oxygens (including phenoxy) is 5. The highest BCUT2D eigenvalue weighted by Gasteiger charge is 2.72. The topological polar surface area (TPSA) is 170 Å². The van der Waals surface area contributed by atoms with Crippen LogP contribution >= 0.6 is 0 Å². The van der Waals surface area contributed by atoms with Gasteiger partial charge in [-0.3, -0.25) is 9.59 Å². The summed E-state index contributed by atoms with van der Waals surface area (Å²) in [4.78, 5) is 51.6. The summed E-state index contributed by atoms with van der Waals surface area (Å²) < 4.78 is 27.8. The van der Waals surface area contributed by atoms with Crippen LogP contribution < -0.4 is 14.8 Å². The van der Waals surface area contributed by atoms with Gasteiger partial charge in [0.1, 0.15) is 17.4 Å². The minimum Gasteiger partial charge on any atom is -0.493 e. The van der Waals surface area contributed by atoms with Gasteiger partial charge in [-0.05, 0) is 78.3 Å². The summed E-state index contributed by atoms with van der Waals surface area (Å²) >= 11 is 0. The number of carbonyl (C=O) groups excluding carboxylic acids is 3. The van der Waals surface area contributed by atoms with Gasteiger partial charge in [-0.2, -0.15) is 0 Å². The molecule has 0 radical (unpaired) electrons. The minimum absolute atomic E-state index is 0.163. The van der Waals surface area contributed by atoms with Crippen molar-refractivity contribution in [1.29, 1.82) is 0 Å². The van der Waals surface area contributed by atoms with Gasteiger partial charge in [-0.15, -0.1) is 0 Å². The number of carboxylic acids is 1. The van der Waals surface area contributed by atoms with Crippen molar-refractivity contribution in [3.8, 4) is 11.5 Å². The second kappa shape index (κ2) is 11.3. The fraction of sp³-hybridized carbons (Fsp3) is 0.613. The Morgan fingerprint density at radius 1 is 1.23 bits per heavy atom. The Morgan fingerprint density at radius 2 is 1.95 bits per heavy atom. The number of methoxy groups -OCH3 is 1. The van der Waals surface area contributed by atoms with E-state index in [1.807, 2.05) is 19.2 Å². The highest BCUT2D eigenvalue weighted by atomic mass is 16.7. The van der Waals surface area contributed by atoms with E-state index in [0.29, 0.717) is 30.9 Å². The number of rotatable bonds is 9. The third kappa shape index (κ3) is 5.25. The van der Waals surface area contributed by atoms with Gasteiger partial charge in [-0.1, -0.05) is 6.07 Å². The fourth-order valence-corrected chi connectivity index (χ4v) is 7.05. The molecule has 2 aliphatic carbocycles. The Kier molecular flexibility index (Phi) is 8.08. The van der Waals surface area contributed by atoms with Crippen LogP contribution in [0.3, 0.4) is 0 Å².